The first-order valence-corrected chi connectivity index (χ1v) is 11.5. The van der Waals surface area contributed by atoms with E-state index < -0.39 is 18.2 Å². The van der Waals surface area contributed by atoms with E-state index in [0.29, 0.717) is 36.6 Å². The Kier molecular flexibility index (Phi) is 7.10. The first-order chi connectivity index (χ1) is 16.0. The van der Waals surface area contributed by atoms with E-state index in [4.69, 9.17) is 5.73 Å². The number of nitrogen functional groups attached to an aromatic ring is 1. The highest BCUT2D eigenvalue weighted by Crippen LogP contribution is 2.33. The van der Waals surface area contributed by atoms with E-state index in [1.807, 2.05) is 46.3 Å². The number of aliphatic hydroxyl groups excluding tert-OH is 1. The standard InChI is InChI=1S/C24H32N6O3/c1-2-3-11-26-21-20-18(27-24(25)28-21)10-13-30(22(20)31)15-17-8-6-16(7-9-17)14-29-12-4-5-19(29)23(32)33/h6-10,13,19,22,31H,2-5,11-12,14-15H2,1H3,(H,32,33)(H3,25,26,27,28). The van der Waals surface area contributed by atoms with E-state index in [0.717, 1.165) is 43.5 Å². The Balaban J connectivity index is 1.44. The van der Waals surface area contributed by atoms with Crippen LogP contribution in [0.4, 0.5) is 11.8 Å². The number of nitrogens with zero attached hydrogens (tertiary/aromatic N) is 4. The first-order valence-electron chi connectivity index (χ1n) is 11.5. The molecule has 2 aliphatic rings. The van der Waals surface area contributed by atoms with Crippen LogP contribution in [0, 0.1) is 0 Å². The average Bonchev–Trinajstić information content (AvgIpc) is 3.25. The van der Waals surface area contributed by atoms with Crippen LogP contribution in [-0.2, 0) is 17.9 Å². The van der Waals surface area contributed by atoms with Gasteiger partial charge in [-0.15, -0.1) is 0 Å². The summed E-state index contributed by atoms with van der Waals surface area (Å²) in [6, 6.07) is 7.72. The van der Waals surface area contributed by atoms with Gasteiger partial charge in [0.2, 0.25) is 5.95 Å². The van der Waals surface area contributed by atoms with Crippen molar-refractivity contribution >= 4 is 23.8 Å². The van der Waals surface area contributed by atoms with Gasteiger partial charge in [0.25, 0.3) is 0 Å². The molecule has 1 aromatic carbocycles. The van der Waals surface area contributed by atoms with Crippen LogP contribution >= 0.6 is 0 Å². The molecular formula is C24H32N6O3. The number of benzene rings is 1. The number of likely N-dealkylation sites (tertiary alicyclic amines) is 1. The van der Waals surface area contributed by atoms with Crippen molar-refractivity contribution in [2.24, 2.45) is 0 Å². The van der Waals surface area contributed by atoms with Crippen molar-refractivity contribution < 1.29 is 15.0 Å². The lowest BCUT2D eigenvalue weighted by atomic mass is 10.1. The second-order valence-electron chi connectivity index (χ2n) is 8.65. The molecule has 2 unspecified atom stereocenters. The summed E-state index contributed by atoms with van der Waals surface area (Å²) in [5.74, 6) is 0.00286. The monoisotopic (exact) mass is 452 g/mol. The van der Waals surface area contributed by atoms with Gasteiger partial charge in [0.05, 0.1) is 11.3 Å². The second-order valence-corrected chi connectivity index (χ2v) is 8.65. The number of carboxylic acids is 1. The predicted molar refractivity (Wildman–Crippen MR) is 127 cm³/mol. The zero-order valence-electron chi connectivity index (χ0n) is 18.9. The quantitative estimate of drug-likeness (QED) is 0.425. The lowest BCUT2D eigenvalue weighted by molar-refractivity contribution is -0.142. The number of aliphatic carboxylic acids is 1. The largest absolute Gasteiger partial charge is 0.480 e. The number of nitrogens with two attached hydrogens (primary N) is 1. The van der Waals surface area contributed by atoms with E-state index in [1.54, 1.807) is 0 Å². The smallest absolute Gasteiger partial charge is 0.320 e. The molecule has 0 radical (unpaired) electrons. The molecule has 0 bridgehead atoms. The van der Waals surface area contributed by atoms with E-state index in [1.165, 1.54) is 0 Å². The normalized spacial score (nSPS) is 20.1. The fraction of sp³-hybridized carbons (Fsp3) is 0.458. The molecule has 2 aromatic rings. The zero-order chi connectivity index (χ0) is 23.4. The second kappa shape index (κ2) is 10.2. The van der Waals surface area contributed by atoms with Crippen molar-refractivity contribution in [3.8, 4) is 0 Å². The summed E-state index contributed by atoms with van der Waals surface area (Å²) in [6.45, 7) is 4.81. The van der Waals surface area contributed by atoms with Crippen molar-refractivity contribution in [3.63, 3.8) is 0 Å². The molecular weight excluding hydrogens is 420 g/mol. The third kappa shape index (κ3) is 5.26. The number of unbranched alkanes of at least 4 members (excludes halogenated alkanes) is 1. The highest BCUT2D eigenvalue weighted by Gasteiger charge is 2.30. The van der Waals surface area contributed by atoms with Gasteiger partial charge in [-0.3, -0.25) is 9.69 Å². The maximum absolute atomic E-state index is 11.4. The predicted octanol–water partition coefficient (Wildman–Crippen LogP) is 2.80. The number of carboxylic acid groups (broad SMARTS) is 1. The number of hydrogen-bond donors (Lipinski definition) is 4. The van der Waals surface area contributed by atoms with Crippen LogP contribution in [0.25, 0.3) is 6.08 Å². The summed E-state index contributed by atoms with van der Waals surface area (Å²) < 4.78 is 0. The minimum Gasteiger partial charge on any atom is -0.480 e. The summed E-state index contributed by atoms with van der Waals surface area (Å²) in [5, 5.41) is 23.8. The topological polar surface area (TPSA) is 128 Å². The minimum absolute atomic E-state index is 0.178. The molecule has 1 aromatic heterocycles. The van der Waals surface area contributed by atoms with Crippen LogP contribution in [-0.4, -0.2) is 55.1 Å². The first kappa shape index (κ1) is 23.0. The molecule has 2 aliphatic heterocycles. The number of nitrogens with one attached hydrogen (secondary N) is 1. The van der Waals surface area contributed by atoms with Crippen LogP contribution < -0.4 is 11.1 Å². The molecule has 0 saturated carbocycles. The minimum atomic E-state index is -0.893. The Morgan fingerprint density at radius 2 is 1.94 bits per heavy atom. The van der Waals surface area contributed by atoms with Gasteiger partial charge >= 0.3 is 5.97 Å². The lowest BCUT2D eigenvalue weighted by Gasteiger charge is -2.32. The highest BCUT2D eigenvalue weighted by molar-refractivity contribution is 5.73. The van der Waals surface area contributed by atoms with Crippen LogP contribution in [0.5, 0.6) is 0 Å². The van der Waals surface area contributed by atoms with E-state index in [-0.39, 0.29) is 5.95 Å². The van der Waals surface area contributed by atoms with Gasteiger partial charge in [-0.05, 0) is 43.0 Å². The van der Waals surface area contributed by atoms with Crippen LogP contribution in [0.1, 0.15) is 61.2 Å². The SMILES string of the molecule is CCCCNc1nc(N)nc2c1C(O)N(Cc1ccc(CN3CCCC3C(=O)O)cc1)C=C2. The van der Waals surface area contributed by atoms with E-state index in [2.05, 4.69) is 22.2 Å². The molecule has 9 heteroatoms. The number of carbonyl (C=O) groups is 1. The number of aromatic nitrogens is 2. The number of aliphatic hydroxyl groups is 1. The number of rotatable bonds is 9. The summed E-state index contributed by atoms with van der Waals surface area (Å²) >= 11 is 0. The van der Waals surface area contributed by atoms with Gasteiger partial charge in [0.1, 0.15) is 11.9 Å². The number of anilines is 2. The van der Waals surface area contributed by atoms with Crippen LogP contribution in [0.3, 0.4) is 0 Å². The van der Waals surface area contributed by atoms with Gasteiger partial charge in [0.15, 0.2) is 6.23 Å². The fourth-order valence-electron chi connectivity index (χ4n) is 4.45. The van der Waals surface area contributed by atoms with E-state index in [9.17, 15) is 15.0 Å². The molecule has 1 fully saturated rings. The Labute approximate surface area is 193 Å². The average molecular weight is 453 g/mol. The summed E-state index contributed by atoms with van der Waals surface area (Å²) in [5.41, 5.74) is 9.24. The molecule has 0 aliphatic carbocycles. The lowest BCUT2D eigenvalue weighted by Crippen LogP contribution is -2.35. The van der Waals surface area contributed by atoms with Crippen molar-refractivity contribution in [2.75, 3.05) is 24.1 Å². The Hall–Kier alpha value is -3.17. The van der Waals surface area contributed by atoms with Crippen LogP contribution in [0.2, 0.25) is 0 Å². The molecule has 3 heterocycles. The van der Waals surface area contributed by atoms with Gasteiger partial charge in [0, 0.05) is 25.8 Å². The van der Waals surface area contributed by atoms with Gasteiger partial charge in [-0.2, -0.15) is 4.98 Å². The molecule has 4 rings (SSSR count). The number of hydrogen-bond acceptors (Lipinski definition) is 8. The van der Waals surface area contributed by atoms with Gasteiger partial charge in [-0.25, -0.2) is 4.98 Å². The molecule has 176 valence electrons. The summed E-state index contributed by atoms with van der Waals surface area (Å²) in [7, 11) is 0. The van der Waals surface area contributed by atoms with E-state index >= 15 is 0 Å². The molecule has 33 heavy (non-hydrogen) atoms. The van der Waals surface area contributed by atoms with Crippen molar-refractivity contribution in [2.45, 2.75) is 58.0 Å². The molecule has 5 N–H and O–H groups in total. The Morgan fingerprint density at radius 3 is 2.64 bits per heavy atom. The summed E-state index contributed by atoms with van der Waals surface area (Å²) in [6.07, 6.45) is 6.44. The molecule has 2 atom stereocenters. The van der Waals surface area contributed by atoms with Crippen molar-refractivity contribution in [1.29, 1.82) is 0 Å². The Bertz CT molecular complexity index is 1010. The van der Waals surface area contributed by atoms with Gasteiger partial charge in [-0.1, -0.05) is 37.6 Å². The van der Waals surface area contributed by atoms with Crippen LogP contribution in [0.15, 0.2) is 30.5 Å². The molecule has 9 nitrogen and oxygen atoms in total. The summed E-state index contributed by atoms with van der Waals surface area (Å²) in [4.78, 5) is 23.9. The fourth-order valence-corrected chi connectivity index (χ4v) is 4.45. The van der Waals surface area contributed by atoms with Crippen molar-refractivity contribution in [3.05, 3.63) is 52.8 Å². The highest BCUT2D eigenvalue weighted by atomic mass is 16.4. The zero-order valence-corrected chi connectivity index (χ0v) is 18.9. The molecule has 0 amide bonds. The number of fused-ring (bicyclic) bond motifs is 1. The Morgan fingerprint density at radius 1 is 1.21 bits per heavy atom. The third-order valence-electron chi connectivity index (χ3n) is 6.23. The van der Waals surface area contributed by atoms with Crippen molar-refractivity contribution in [1.82, 2.24) is 19.8 Å². The maximum Gasteiger partial charge on any atom is 0.320 e. The molecule has 0 spiro atoms. The van der Waals surface area contributed by atoms with Gasteiger partial charge < -0.3 is 26.2 Å². The molecule has 1 saturated heterocycles. The maximum atomic E-state index is 11.4. The third-order valence-corrected chi connectivity index (χ3v) is 6.23.